The van der Waals surface area contributed by atoms with Gasteiger partial charge in [0.1, 0.15) is 24.6 Å². The molecule has 29 heavy (non-hydrogen) atoms. The number of ether oxygens (including phenoxy) is 2. The van der Waals surface area contributed by atoms with Crippen LogP contribution in [0.2, 0.25) is 0 Å². The summed E-state index contributed by atoms with van der Waals surface area (Å²) in [6.07, 6.45) is 0. The summed E-state index contributed by atoms with van der Waals surface area (Å²) in [5.74, 6) is 2.20. The summed E-state index contributed by atoms with van der Waals surface area (Å²) in [5.41, 5.74) is 6.88. The average molecular weight is 384 g/mol. The first-order valence-electron chi connectivity index (χ1n) is 9.56. The Labute approximate surface area is 168 Å². The molecule has 0 saturated heterocycles. The molecule has 5 nitrogen and oxygen atoms in total. The minimum absolute atomic E-state index is 0.548. The van der Waals surface area contributed by atoms with Crippen LogP contribution in [0.15, 0.2) is 82.3 Å². The molecule has 144 valence electrons. The Hall–Kier alpha value is -3.73. The molecule has 0 radical (unpaired) electrons. The first-order valence-corrected chi connectivity index (χ1v) is 9.56. The molecule has 1 N–H and O–H groups in total. The number of para-hydroxylation sites is 1. The normalized spacial score (nSPS) is 13.5. The van der Waals surface area contributed by atoms with Crippen LogP contribution in [0, 0.1) is 6.92 Å². The fourth-order valence-corrected chi connectivity index (χ4v) is 3.34. The summed E-state index contributed by atoms with van der Waals surface area (Å²) in [4.78, 5) is 0. The van der Waals surface area contributed by atoms with E-state index in [1.165, 1.54) is 0 Å². The molecule has 0 amide bonds. The Morgan fingerprint density at radius 2 is 1.66 bits per heavy atom. The minimum Gasteiger partial charge on any atom is -0.486 e. The Kier molecular flexibility index (Phi) is 4.41. The number of aryl methyl sites for hydroxylation is 1. The molecule has 1 aromatic heterocycles. The monoisotopic (exact) mass is 384 g/mol. The van der Waals surface area contributed by atoms with Gasteiger partial charge >= 0.3 is 0 Å². The molecule has 5 rings (SSSR count). The van der Waals surface area contributed by atoms with E-state index in [9.17, 15) is 0 Å². The quantitative estimate of drug-likeness (QED) is 0.499. The molecule has 0 saturated carbocycles. The van der Waals surface area contributed by atoms with Crippen LogP contribution in [0.5, 0.6) is 11.5 Å². The van der Waals surface area contributed by atoms with E-state index in [1.807, 2.05) is 73.7 Å². The highest BCUT2D eigenvalue weighted by Crippen LogP contribution is 2.34. The lowest BCUT2D eigenvalue weighted by atomic mass is 10.1. The van der Waals surface area contributed by atoms with Crippen LogP contribution in [-0.4, -0.2) is 13.2 Å². The summed E-state index contributed by atoms with van der Waals surface area (Å²) in [6, 6.07) is 23.8. The minimum atomic E-state index is 0.548. The van der Waals surface area contributed by atoms with Crippen molar-refractivity contribution in [1.82, 2.24) is 0 Å². The van der Waals surface area contributed by atoms with E-state index < -0.39 is 0 Å². The van der Waals surface area contributed by atoms with Crippen molar-refractivity contribution in [3.8, 4) is 22.8 Å². The smallest absolute Gasteiger partial charge is 0.162 e. The second-order valence-corrected chi connectivity index (χ2v) is 6.94. The van der Waals surface area contributed by atoms with Gasteiger partial charge in [-0.25, -0.2) is 0 Å². The molecule has 4 aromatic rings. The number of fused-ring (bicyclic) bond motifs is 2. The lowest BCUT2D eigenvalue weighted by Gasteiger charge is -2.18. The van der Waals surface area contributed by atoms with E-state index in [2.05, 4.69) is 16.6 Å². The summed E-state index contributed by atoms with van der Waals surface area (Å²) >= 11 is 0. The highest BCUT2D eigenvalue weighted by atomic mass is 16.6. The van der Waals surface area contributed by atoms with Crippen LogP contribution in [0.4, 0.5) is 5.69 Å². The third-order valence-corrected chi connectivity index (χ3v) is 4.81. The molecule has 3 aromatic carbocycles. The van der Waals surface area contributed by atoms with Gasteiger partial charge in [-0.05, 0) is 55.0 Å². The zero-order valence-corrected chi connectivity index (χ0v) is 16.0. The lowest BCUT2D eigenvalue weighted by molar-refractivity contribution is 0.171. The van der Waals surface area contributed by atoms with E-state index in [-0.39, 0.29) is 0 Å². The predicted molar refractivity (Wildman–Crippen MR) is 113 cm³/mol. The van der Waals surface area contributed by atoms with Crippen LogP contribution in [0.25, 0.3) is 22.3 Å². The summed E-state index contributed by atoms with van der Waals surface area (Å²) in [5, 5.41) is 6.39. The predicted octanol–water partition coefficient (Wildman–Crippen LogP) is 5.11. The SMILES string of the molecule is Cc1ccc2/c(=N/Nc3ccccc3)cc(-c3ccc4c(c3)OCCO4)oc2c1. The van der Waals surface area contributed by atoms with Crippen molar-refractivity contribution in [3.05, 3.63) is 83.7 Å². The fraction of sp³-hybridized carbons (Fsp3) is 0.125. The first kappa shape index (κ1) is 17.4. The Balaban J connectivity index is 1.64. The van der Waals surface area contributed by atoms with Gasteiger partial charge in [-0.2, -0.15) is 5.10 Å². The highest BCUT2D eigenvalue weighted by molar-refractivity contribution is 5.79. The van der Waals surface area contributed by atoms with E-state index in [4.69, 9.17) is 13.9 Å². The van der Waals surface area contributed by atoms with Gasteiger partial charge < -0.3 is 13.9 Å². The summed E-state index contributed by atoms with van der Waals surface area (Å²) < 4.78 is 17.6. The Morgan fingerprint density at radius 1 is 0.828 bits per heavy atom. The van der Waals surface area contributed by atoms with E-state index in [1.54, 1.807) is 0 Å². The Morgan fingerprint density at radius 3 is 2.52 bits per heavy atom. The number of nitrogens with zero attached hydrogens (tertiary/aromatic N) is 1. The van der Waals surface area contributed by atoms with Crippen molar-refractivity contribution in [2.24, 2.45) is 5.10 Å². The molecular weight excluding hydrogens is 364 g/mol. The van der Waals surface area contributed by atoms with Crippen molar-refractivity contribution >= 4 is 16.7 Å². The molecule has 1 aliphatic rings. The van der Waals surface area contributed by atoms with Crippen molar-refractivity contribution in [2.75, 3.05) is 18.6 Å². The molecule has 0 atom stereocenters. The first-order chi connectivity index (χ1) is 14.3. The van der Waals surface area contributed by atoms with E-state index in [0.29, 0.717) is 19.0 Å². The largest absolute Gasteiger partial charge is 0.486 e. The number of nitrogens with one attached hydrogen (secondary N) is 1. The average Bonchev–Trinajstić information content (AvgIpc) is 2.77. The van der Waals surface area contributed by atoms with Gasteiger partial charge in [0.05, 0.1) is 11.0 Å². The number of rotatable bonds is 3. The molecule has 0 fully saturated rings. The second-order valence-electron chi connectivity index (χ2n) is 6.94. The zero-order chi connectivity index (χ0) is 19.6. The lowest BCUT2D eigenvalue weighted by Crippen LogP contribution is -2.15. The molecule has 0 bridgehead atoms. The number of hydrogen-bond acceptors (Lipinski definition) is 5. The van der Waals surface area contributed by atoms with Gasteiger partial charge in [-0.1, -0.05) is 24.3 Å². The van der Waals surface area contributed by atoms with Gasteiger partial charge in [-0.3, -0.25) is 5.43 Å². The zero-order valence-electron chi connectivity index (χ0n) is 16.0. The topological polar surface area (TPSA) is 56.0 Å². The maximum absolute atomic E-state index is 6.23. The molecule has 0 aliphatic carbocycles. The van der Waals surface area contributed by atoms with Gasteiger partial charge in [0.15, 0.2) is 11.5 Å². The second kappa shape index (κ2) is 7.36. The Bertz CT molecular complexity index is 1250. The highest BCUT2D eigenvalue weighted by Gasteiger charge is 2.14. The van der Waals surface area contributed by atoms with Crippen molar-refractivity contribution in [3.63, 3.8) is 0 Å². The van der Waals surface area contributed by atoms with Crippen LogP contribution in [0.3, 0.4) is 0 Å². The van der Waals surface area contributed by atoms with Gasteiger partial charge in [0.2, 0.25) is 0 Å². The number of anilines is 1. The maximum Gasteiger partial charge on any atom is 0.162 e. The molecule has 2 heterocycles. The summed E-state index contributed by atoms with van der Waals surface area (Å²) in [7, 11) is 0. The van der Waals surface area contributed by atoms with Gasteiger partial charge in [0.25, 0.3) is 0 Å². The number of hydrogen-bond donors (Lipinski definition) is 1. The molecule has 0 spiro atoms. The molecule has 0 unspecified atom stereocenters. The summed E-state index contributed by atoms with van der Waals surface area (Å²) in [6.45, 7) is 3.16. The van der Waals surface area contributed by atoms with Crippen LogP contribution in [0.1, 0.15) is 5.56 Å². The molecule has 1 aliphatic heterocycles. The third-order valence-electron chi connectivity index (χ3n) is 4.81. The standard InChI is InChI=1S/C24H20N2O3/c1-16-7-9-19-20(26-25-18-5-3-2-4-6-18)15-22(29-23(19)13-16)17-8-10-21-24(14-17)28-12-11-27-21/h2-10,13-15,25H,11-12H2,1H3/b26-20+. The van der Waals surface area contributed by atoms with Crippen molar-refractivity contribution < 1.29 is 13.9 Å². The van der Waals surface area contributed by atoms with E-state index >= 15 is 0 Å². The van der Waals surface area contributed by atoms with Crippen LogP contribution < -0.4 is 20.3 Å². The third kappa shape index (κ3) is 3.55. The fourth-order valence-electron chi connectivity index (χ4n) is 3.34. The van der Waals surface area contributed by atoms with Crippen LogP contribution >= 0.6 is 0 Å². The van der Waals surface area contributed by atoms with Gasteiger partial charge in [-0.15, -0.1) is 0 Å². The molecular formula is C24H20N2O3. The molecule has 5 heteroatoms. The van der Waals surface area contributed by atoms with E-state index in [0.717, 1.165) is 44.6 Å². The number of benzene rings is 3. The van der Waals surface area contributed by atoms with Gasteiger partial charge in [0, 0.05) is 17.0 Å². The maximum atomic E-state index is 6.23. The van der Waals surface area contributed by atoms with Crippen molar-refractivity contribution in [2.45, 2.75) is 6.92 Å². The van der Waals surface area contributed by atoms with Crippen LogP contribution in [-0.2, 0) is 0 Å². The van der Waals surface area contributed by atoms with Crippen molar-refractivity contribution in [1.29, 1.82) is 0 Å².